The largest absolute Gasteiger partial charge is 0.490 e. The van der Waals surface area contributed by atoms with Crippen LogP contribution in [0.15, 0.2) is 40.8 Å². The molecule has 34 heavy (non-hydrogen) atoms. The first-order valence-electron chi connectivity index (χ1n) is 10.3. The van der Waals surface area contributed by atoms with E-state index in [0.29, 0.717) is 38.5 Å². The lowest BCUT2D eigenvalue weighted by molar-refractivity contribution is -0.192. The summed E-state index contributed by atoms with van der Waals surface area (Å²) in [5, 5.41) is 7.12. The normalized spacial score (nSPS) is 21.7. The third-order valence-electron chi connectivity index (χ3n) is 5.23. The highest BCUT2D eigenvalue weighted by atomic mass is 19.4. The summed E-state index contributed by atoms with van der Waals surface area (Å²) < 4.78 is 62.5. The second kappa shape index (κ2) is 10.5. The van der Waals surface area contributed by atoms with E-state index in [1.807, 2.05) is 19.1 Å². The Morgan fingerprint density at radius 3 is 2.41 bits per heavy atom. The van der Waals surface area contributed by atoms with Crippen LogP contribution >= 0.6 is 0 Å². The number of amides is 1. The van der Waals surface area contributed by atoms with Crippen molar-refractivity contribution in [2.45, 2.75) is 25.2 Å². The zero-order valence-corrected chi connectivity index (χ0v) is 18.3. The van der Waals surface area contributed by atoms with E-state index in [2.05, 4.69) is 4.90 Å². The van der Waals surface area contributed by atoms with Crippen LogP contribution in [0.25, 0.3) is 0 Å². The second-order valence-electron chi connectivity index (χ2n) is 8.01. The molecule has 0 aliphatic carbocycles. The number of alkyl halides is 3. The van der Waals surface area contributed by atoms with Crippen molar-refractivity contribution in [1.29, 1.82) is 0 Å². The van der Waals surface area contributed by atoms with Crippen LogP contribution < -0.4 is 4.90 Å². The summed E-state index contributed by atoms with van der Waals surface area (Å²) >= 11 is 0. The van der Waals surface area contributed by atoms with Gasteiger partial charge in [0, 0.05) is 18.8 Å². The first-order chi connectivity index (χ1) is 16.0. The lowest BCUT2D eigenvalue weighted by atomic mass is 10.0. The summed E-state index contributed by atoms with van der Waals surface area (Å²) in [5.41, 5.74) is 0.0435. The molecule has 1 aromatic heterocycles. The van der Waals surface area contributed by atoms with Gasteiger partial charge in [0.05, 0.1) is 26.3 Å². The van der Waals surface area contributed by atoms with E-state index in [-0.39, 0.29) is 18.3 Å². The number of rotatable bonds is 3. The van der Waals surface area contributed by atoms with Crippen molar-refractivity contribution in [1.82, 2.24) is 4.90 Å². The third kappa shape index (κ3) is 6.78. The Morgan fingerprint density at radius 2 is 1.82 bits per heavy atom. The van der Waals surface area contributed by atoms with Crippen LogP contribution in [0.2, 0.25) is 0 Å². The maximum absolute atomic E-state index is 13.2. The molecule has 1 atom stereocenters. The van der Waals surface area contributed by atoms with Gasteiger partial charge in [-0.25, -0.2) is 9.18 Å². The number of benzene rings is 1. The molecule has 2 aliphatic heterocycles. The Morgan fingerprint density at radius 1 is 1.15 bits per heavy atom. The van der Waals surface area contributed by atoms with Crippen LogP contribution in [-0.4, -0.2) is 73.1 Å². The number of nitrogens with zero attached hydrogens (tertiary/aromatic N) is 2. The second-order valence-corrected chi connectivity index (χ2v) is 8.01. The molecule has 2 aliphatic rings. The maximum Gasteiger partial charge on any atom is 0.490 e. The van der Waals surface area contributed by atoms with Crippen molar-refractivity contribution in [3.63, 3.8) is 0 Å². The molecule has 1 aromatic carbocycles. The summed E-state index contributed by atoms with van der Waals surface area (Å²) in [4.78, 5) is 25.2. The topological polar surface area (TPSA) is 92.5 Å². The quantitative estimate of drug-likeness (QED) is 0.664. The molecule has 4 rings (SSSR count). The van der Waals surface area contributed by atoms with Crippen LogP contribution in [-0.2, 0) is 25.6 Å². The van der Waals surface area contributed by atoms with Gasteiger partial charge in [0.2, 0.25) is 0 Å². The molecule has 2 fully saturated rings. The Hall–Kier alpha value is -2.96. The van der Waals surface area contributed by atoms with Crippen LogP contribution in [0.5, 0.6) is 0 Å². The number of hydrogen-bond acceptors (Lipinski definition) is 6. The highest BCUT2D eigenvalue weighted by Gasteiger charge is 2.43. The zero-order chi connectivity index (χ0) is 24.9. The van der Waals surface area contributed by atoms with Gasteiger partial charge in [-0.2, -0.15) is 13.2 Å². The first kappa shape index (κ1) is 25.7. The molecule has 1 N–H and O–H groups in total. The van der Waals surface area contributed by atoms with Gasteiger partial charge >= 0.3 is 12.1 Å². The fourth-order valence-electron chi connectivity index (χ4n) is 3.66. The zero-order valence-electron chi connectivity index (χ0n) is 18.3. The van der Waals surface area contributed by atoms with Gasteiger partial charge in [-0.05, 0) is 43.3 Å². The summed E-state index contributed by atoms with van der Waals surface area (Å²) in [5.74, 6) is -1.44. The Bertz CT molecular complexity index is 994. The van der Waals surface area contributed by atoms with Crippen LogP contribution in [0.1, 0.15) is 11.5 Å². The third-order valence-corrected chi connectivity index (χ3v) is 5.23. The summed E-state index contributed by atoms with van der Waals surface area (Å²) in [6.07, 6.45) is -5.08. The SMILES string of the molecule is Cc1ccc(CN2CCOCC3(C2)CN(c2ccc(F)cc2)C(=O)CO3)o1.O=C(O)C(F)(F)F. The van der Waals surface area contributed by atoms with E-state index < -0.39 is 17.7 Å². The standard InChI is InChI=1S/C20H23FN2O4.C2HF3O2/c1-15-2-7-18(27-15)10-22-8-9-25-14-20(12-22)13-23(19(24)11-26-20)17-5-3-16(21)4-6-17;3-2(4,5)1(6)7/h2-7H,8-14H2,1H3;(H,6,7). The number of furan rings is 1. The molecule has 8 nitrogen and oxygen atoms in total. The molecule has 0 bridgehead atoms. The molecule has 2 aromatic rings. The summed E-state index contributed by atoms with van der Waals surface area (Å²) in [6, 6.07) is 9.88. The number of halogens is 4. The highest BCUT2D eigenvalue weighted by Crippen LogP contribution is 2.28. The highest BCUT2D eigenvalue weighted by molar-refractivity contribution is 5.95. The average molecular weight is 488 g/mol. The Kier molecular flexibility index (Phi) is 7.95. The minimum absolute atomic E-state index is 0.0194. The molecule has 1 spiro atoms. The van der Waals surface area contributed by atoms with Crippen LogP contribution in [0.3, 0.4) is 0 Å². The van der Waals surface area contributed by atoms with Crippen molar-refractivity contribution in [3.8, 4) is 0 Å². The van der Waals surface area contributed by atoms with Gasteiger partial charge in [-0.3, -0.25) is 9.69 Å². The number of anilines is 1. The Labute approximate surface area is 192 Å². The van der Waals surface area contributed by atoms with E-state index in [1.54, 1.807) is 17.0 Å². The number of aliphatic carboxylic acids is 1. The van der Waals surface area contributed by atoms with E-state index in [1.165, 1.54) is 12.1 Å². The molecular formula is C22H24F4N2O6. The van der Waals surface area contributed by atoms with E-state index in [9.17, 15) is 22.4 Å². The van der Waals surface area contributed by atoms with Gasteiger partial charge in [0.25, 0.3) is 5.91 Å². The number of morpholine rings is 1. The number of carbonyl (C=O) groups is 2. The summed E-state index contributed by atoms with van der Waals surface area (Å²) in [7, 11) is 0. The van der Waals surface area contributed by atoms with E-state index in [4.69, 9.17) is 23.8 Å². The van der Waals surface area contributed by atoms with Crippen LogP contribution in [0.4, 0.5) is 23.2 Å². The monoisotopic (exact) mass is 488 g/mol. The number of ether oxygens (including phenoxy) is 2. The molecule has 186 valence electrons. The van der Waals surface area contributed by atoms with Crippen molar-refractivity contribution in [2.24, 2.45) is 0 Å². The Balaban J connectivity index is 0.000000406. The van der Waals surface area contributed by atoms with Gasteiger partial charge in [0.15, 0.2) is 0 Å². The van der Waals surface area contributed by atoms with Gasteiger partial charge < -0.3 is 23.9 Å². The van der Waals surface area contributed by atoms with Gasteiger partial charge in [-0.15, -0.1) is 0 Å². The first-order valence-corrected chi connectivity index (χ1v) is 10.3. The molecule has 2 saturated heterocycles. The van der Waals surface area contributed by atoms with Gasteiger partial charge in [-0.1, -0.05) is 0 Å². The molecule has 1 amide bonds. The smallest absolute Gasteiger partial charge is 0.475 e. The fourth-order valence-corrected chi connectivity index (χ4v) is 3.66. The van der Waals surface area contributed by atoms with Crippen molar-refractivity contribution in [3.05, 3.63) is 53.7 Å². The predicted octanol–water partition coefficient (Wildman–Crippen LogP) is 2.99. The summed E-state index contributed by atoms with van der Waals surface area (Å²) in [6.45, 7) is 5.31. The molecular weight excluding hydrogens is 464 g/mol. The van der Waals surface area contributed by atoms with Crippen LogP contribution in [0, 0.1) is 12.7 Å². The van der Waals surface area contributed by atoms with E-state index in [0.717, 1.165) is 18.1 Å². The number of carboxylic acid groups (broad SMARTS) is 1. The van der Waals surface area contributed by atoms with Crippen molar-refractivity contribution >= 4 is 17.6 Å². The molecule has 0 radical (unpaired) electrons. The molecule has 0 saturated carbocycles. The number of hydrogen-bond donors (Lipinski definition) is 1. The fraction of sp³-hybridized carbons (Fsp3) is 0.455. The average Bonchev–Trinajstić information content (AvgIpc) is 3.07. The van der Waals surface area contributed by atoms with Gasteiger partial charge in [0.1, 0.15) is 29.5 Å². The predicted molar refractivity (Wildman–Crippen MR) is 111 cm³/mol. The van der Waals surface area contributed by atoms with Crippen molar-refractivity contribution < 1.29 is 46.1 Å². The molecule has 12 heteroatoms. The number of aryl methyl sites for hydroxylation is 1. The molecule has 3 heterocycles. The molecule has 1 unspecified atom stereocenters. The minimum atomic E-state index is -5.08. The lowest BCUT2D eigenvalue weighted by Gasteiger charge is -2.43. The lowest BCUT2D eigenvalue weighted by Crippen LogP contribution is -2.60. The van der Waals surface area contributed by atoms with E-state index >= 15 is 0 Å². The van der Waals surface area contributed by atoms with Crippen molar-refractivity contribution in [2.75, 3.05) is 44.4 Å². The minimum Gasteiger partial charge on any atom is -0.475 e. The number of carboxylic acids is 1. The number of carbonyl (C=O) groups excluding carboxylic acids is 1. The maximum atomic E-state index is 13.2.